The molecule has 166 valence electrons. The molecule has 0 aliphatic rings. The predicted octanol–water partition coefficient (Wildman–Crippen LogP) is 3.32. The molecule has 32 heavy (non-hydrogen) atoms. The molecule has 0 aromatic heterocycles. The smallest absolute Gasteiger partial charge is 0.338 e. The number of anilines is 2. The summed E-state index contributed by atoms with van der Waals surface area (Å²) in [5, 5.41) is 2.59. The molecule has 1 N–H and O–H groups in total. The van der Waals surface area contributed by atoms with Gasteiger partial charge in [0.1, 0.15) is 5.75 Å². The molecule has 0 fully saturated rings. The Morgan fingerprint density at radius 3 is 2.34 bits per heavy atom. The van der Waals surface area contributed by atoms with E-state index in [2.05, 4.69) is 5.32 Å². The van der Waals surface area contributed by atoms with Crippen LogP contribution in [0.15, 0.2) is 83.8 Å². The zero-order chi connectivity index (χ0) is 23.1. The van der Waals surface area contributed by atoms with Crippen molar-refractivity contribution in [3.63, 3.8) is 0 Å². The third-order valence-corrected chi connectivity index (χ3v) is 6.34. The number of nitrogens with one attached hydrogen (secondary N) is 1. The molecule has 0 bridgehead atoms. The molecular formula is C23H22N2O6S. The van der Waals surface area contributed by atoms with Crippen LogP contribution in [-0.4, -0.2) is 41.1 Å². The van der Waals surface area contributed by atoms with Gasteiger partial charge < -0.3 is 14.8 Å². The van der Waals surface area contributed by atoms with Crippen LogP contribution in [0.4, 0.5) is 11.4 Å². The van der Waals surface area contributed by atoms with Gasteiger partial charge in [-0.3, -0.25) is 9.10 Å². The zero-order valence-corrected chi connectivity index (χ0v) is 18.3. The molecule has 0 aliphatic carbocycles. The number of ether oxygens (including phenoxy) is 2. The summed E-state index contributed by atoms with van der Waals surface area (Å²) >= 11 is 0. The Morgan fingerprint density at radius 2 is 1.62 bits per heavy atom. The van der Waals surface area contributed by atoms with Gasteiger partial charge in [-0.1, -0.05) is 36.4 Å². The highest BCUT2D eigenvalue weighted by atomic mass is 32.2. The Balaban J connectivity index is 1.68. The van der Waals surface area contributed by atoms with Gasteiger partial charge in [0.2, 0.25) is 0 Å². The Kier molecular flexibility index (Phi) is 7.11. The van der Waals surface area contributed by atoms with Crippen molar-refractivity contribution >= 4 is 33.3 Å². The number of nitrogens with zero attached hydrogens (tertiary/aromatic N) is 1. The Morgan fingerprint density at radius 1 is 0.938 bits per heavy atom. The van der Waals surface area contributed by atoms with Crippen molar-refractivity contribution < 1.29 is 27.5 Å². The van der Waals surface area contributed by atoms with Crippen molar-refractivity contribution in [1.82, 2.24) is 0 Å². The van der Waals surface area contributed by atoms with E-state index in [1.165, 1.54) is 38.4 Å². The van der Waals surface area contributed by atoms with E-state index >= 15 is 0 Å². The summed E-state index contributed by atoms with van der Waals surface area (Å²) in [6.45, 7) is -0.544. The third kappa shape index (κ3) is 5.25. The summed E-state index contributed by atoms with van der Waals surface area (Å²) in [7, 11) is -0.993. The van der Waals surface area contributed by atoms with E-state index in [0.29, 0.717) is 17.1 Å². The van der Waals surface area contributed by atoms with Crippen molar-refractivity contribution in [3.8, 4) is 5.75 Å². The number of hydrogen-bond donors (Lipinski definition) is 1. The third-order valence-electron chi connectivity index (χ3n) is 4.56. The van der Waals surface area contributed by atoms with E-state index in [9.17, 15) is 18.0 Å². The van der Waals surface area contributed by atoms with Crippen LogP contribution < -0.4 is 14.4 Å². The maximum atomic E-state index is 12.9. The molecule has 0 atom stereocenters. The number of carbonyl (C=O) groups excluding carboxylic acids is 2. The van der Waals surface area contributed by atoms with Crippen LogP contribution in [-0.2, 0) is 19.6 Å². The minimum Gasteiger partial charge on any atom is -0.495 e. The topological polar surface area (TPSA) is 102 Å². The van der Waals surface area contributed by atoms with Gasteiger partial charge in [-0.05, 0) is 42.5 Å². The first kappa shape index (κ1) is 22.8. The molecule has 0 heterocycles. The molecule has 0 radical (unpaired) electrons. The van der Waals surface area contributed by atoms with Gasteiger partial charge in [0, 0.05) is 7.05 Å². The number of hydrogen-bond acceptors (Lipinski definition) is 6. The van der Waals surface area contributed by atoms with Gasteiger partial charge in [0.05, 0.1) is 28.9 Å². The Hall–Kier alpha value is -3.85. The second-order valence-corrected chi connectivity index (χ2v) is 8.63. The number of rotatable bonds is 8. The highest BCUT2D eigenvalue weighted by Gasteiger charge is 2.23. The number of sulfonamides is 1. The number of benzene rings is 3. The normalized spacial score (nSPS) is 10.8. The first-order valence-corrected chi connectivity index (χ1v) is 11.0. The maximum absolute atomic E-state index is 12.9. The molecule has 3 rings (SSSR count). The van der Waals surface area contributed by atoms with Gasteiger partial charge in [0.25, 0.3) is 15.9 Å². The maximum Gasteiger partial charge on any atom is 0.338 e. The van der Waals surface area contributed by atoms with Gasteiger partial charge in [-0.25, -0.2) is 13.2 Å². The van der Waals surface area contributed by atoms with Crippen molar-refractivity contribution in [2.75, 3.05) is 30.4 Å². The lowest BCUT2D eigenvalue weighted by Gasteiger charge is -2.19. The Labute approximate surface area is 186 Å². The molecule has 8 nitrogen and oxygen atoms in total. The number of esters is 1. The molecule has 0 saturated heterocycles. The van der Waals surface area contributed by atoms with Crippen LogP contribution in [0.2, 0.25) is 0 Å². The van der Waals surface area contributed by atoms with Crippen LogP contribution in [0.5, 0.6) is 5.75 Å². The minimum atomic E-state index is -3.90. The largest absolute Gasteiger partial charge is 0.495 e. The summed E-state index contributed by atoms with van der Waals surface area (Å²) < 4.78 is 37.2. The molecule has 0 saturated carbocycles. The van der Waals surface area contributed by atoms with Gasteiger partial charge >= 0.3 is 5.97 Å². The molecular weight excluding hydrogens is 432 g/mol. The van der Waals surface area contributed by atoms with Gasteiger partial charge in [-0.2, -0.15) is 0 Å². The molecule has 1 amide bonds. The fraction of sp³-hybridized carbons (Fsp3) is 0.130. The summed E-state index contributed by atoms with van der Waals surface area (Å²) in [5.74, 6) is -0.914. The van der Waals surface area contributed by atoms with Crippen LogP contribution in [0, 0.1) is 0 Å². The molecule has 0 unspecified atom stereocenters. The van der Waals surface area contributed by atoms with Crippen LogP contribution in [0.25, 0.3) is 0 Å². The highest BCUT2D eigenvalue weighted by Crippen LogP contribution is 2.24. The second-order valence-electron chi connectivity index (χ2n) is 6.66. The van der Waals surface area contributed by atoms with Crippen LogP contribution in [0.1, 0.15) is 10.4 Å². The zero-order valence-electron chi connectivity index (χ0n) is 17.5. The minimum absolute atomic E-state index is 0.0117. The monoisotopic (exact) mass is 454 g/mol. The lowest BCUT2D eigenvalue weighted by Crippen LogP contribution is -2.26. The number of carbonyl (C=O) groups is 2. The SMILES string of the molecule is COc1ccccc1NC(=O)COC(=O)c1cccc(S(=O)(=O)N(C)c2ccccc2)c1. The summed E-state index contributed by atoms with van der Waals surface area (Å²) in [6, 6.07) is 20.8. The first-order chi connectivity index (χ1) is 15.3. The van der Waals surface area contributed by atoms with E-state index in [1.54, 1.807) is 54.6 Å². The number of amides is 1. The average Bonchev–Trinajstić information content (AvgIpc) is 2.83. The standard InChI is InChI=1S/C23H22N2O6S/c1-25(18-10-4-3-5-11-18)32(28,29)19-12-8-9-17(15-19)23(27)31-16-22(26)24-20-13-6-7-14-21(20)30-2/h3-15H,16H2,1-2H3,(H,24,26). The van der Waals surface area contributed by atoms with Crippen molar-refractivity contribution in [3.05, 3.63) is 84.4 Å². The molecule has 3 aromatic carbocycles. The fourth-order valence-electron chi connectivity index (χ4n) is 2.87. The highest BCUT2D eigenvalue weighted by molar-refractivity contribution is 7.92. The number of para-hydroxylation sites is 3. The quantitative estimate of drug-likeness (QED) is 0.524. The summed E-state index contributed by atoms with van der Waals surface area (Å²) in [5.41, 5.74) is 0.930. The Bertz CT molecular complexity index is 1210. The average molecular weight is 455 g/mol. The summed E-state index contributed by atoms with van der Waals surface area (Å²) in [6.07, 6.45) is 0. The van der Waals surface area contributed by atoms with Crippen LogP contribution in [0.3, 0.4) is 0 Å². The molecule has 0 spiro atoms. The lowest BCUT2D eigenvalue weighted by atomic mass is 10.2. The molecule has 0 aliphatic heterocycles. The van der Waals surface area contributed by atoms with E-state index in [0.717, 1.165) is 4.31 Å². The van der Waals surface area contributed by atoms with E-state index in [1.807, 2.05) is 0 Å². The predicted molar refractivity (Wildman–Crippen MR) is 120 cm³/mol. The van der Waals surface area contributed by atoms with Crippen molar-refractivity contribution in [2.45, 2.75) is 4.90 Å². The molecule has 3 aromatic rings. The van der Waals surface area contributed by atoms with Crippen molar-refractivity contribution in [2.24, 2.45) is 0 Å². The van der Waals surface area contributed by atoms with Gasteiger partial charge in [0.15, 0.2) is 6.61 Å². The summed E-state index contributed by atoms with van der Waals surface area (Å²) in [4.78, 5) is 24.5. The van der Waals surface area contributed by atoms with Crippen molar-refractivity contribution in [1.29, 1.82) is 0 Å². The van der Waals surface area contributed by atoms with E-state index in [4.69, 9.17) is 9.47 Å². The van der Waals surface area contributed by atoms with Gasteiger partial charge in [-0.15, -0.1) is 0 Å². The van der Waals surface area contributed by atoms with E-state index in [-0.39, 0.29) is 10.5 Å². The fourth-order valence-corrected chi connectivity index (χ4v) is 4.11. The molecule has 9 heteroatoms. The first-order valence-electron chi connectivity index (χ1n) is 9.57. The van der Waals surface area contributed by atoms with E-state index < -0.39 is 28.5 Å². The van der Waals surface area contributed by atoms with Crippen LogP contribution >= 0.6 is 0 Å². The second kappa shape index (κ2) is 9.97. The number of methoxy groups -OCH3 is 1. The lowest BCUT2D eigenvalue weighted by molar-refractivity contribution is -0.119.